The van der Waals surface area contributed by atoms with Crippen LogP contribution in [0.5, 0.6) is 0 Å². The Morgan fingerprint density at radius 2 is 2.19 bits per heavy atom. The highest BCUT2D eigenvalue weighted by Crippen LogP contribution is 2.25. The quantitative estimate of drug-likeness (QED) is 0.758. The number of hydrogen-bond donors (Lipinski definition) is 1. The van der Waals surface area contributed by atoms with Crippen LogP contribution in [0.3, 0.4) is 0 Å². The molecule has 3 nitrogen and oxygen atoms in total. The second-order valence-electron chi connectivity index (χ2n) is 3.63. The van der Waals surface area contributed by atoms with E-state index in [4.69, 9.17) is 18.0 Å². The topological polar surface area (TPSA) is 43.3 Å². The van der Waals surface area contributed by atoms with Gasteiger partial charge in [-0.1, -0.05) is 24.4 Å². The van der Waals surface area contributed by atoms with Crippen molar-refractivity contribution >= 4 is 40.5 Å². The molecule has 16 heavy (non-hydrogen) atoms. The van der Waals surface area contributed by atoms with Crippen LogP contribution in [0, 0.1) is 0 Å². The maximum absolute atomic E-state index is 5.71. The Kier molecular flexibility index (Phi) is 1.91. The molecule has 0 amide bonds. The Morgan fingerprint density at radius 3 is 3.00 bits per heavy atom. The van der Waals surface area contributed by atoms with Crippen LogP contribution in [0.25, 0.3) is 17.1 Å². The van der Waals surface area contributed by atoms with E-state index in [9.17, 15) is 0 Å². The van der Waals surface area contributed by atoms with Crippen molar-refractivity contribution in [2.24, 2.45) is 10.7 Å². The first-order valence-corrected chi connectivity index (χ1v) is 5.31. The lowest BCUT2D eigenvalue weighted by molar-refractivity contribution is 1.22. The highest BCUT2D eigenvalue weighted by atomic mass is 32.1. The summed E-state index contributed by atoms with van der Waals surface area (Å²) in [5.74, 6) is 0. The maximum atomic E-state index is 5.71. The van der Waals surface area contributed by atoms with E-state index in [1.54, 1.807) is 6.20 Å². The molecule has 3 rings (SSSR count). The Bertz CT molecular complexity index is 650. The second kappa shape index (κ2) is 3.28. The molecule has 0 aliphatic carbocycles. The predicted molar refractivity (Wildman–Crippen MR) is 70.7 cm³/mol. The van der Waals surface area contributed by atoms with Crippen LogP contribution in [-0.2, 0) is 0 Å². The first kappa shape index (κ1) is 9.30. The summed E-state index contributed by atoms with van der Waals surface area (Å²) in [6.45, 7) is 0. The zero-order valence-electron chi connectivity index (χ0n) is 8.42. The number of benzene rings is 1. The summed E-state index contributed by atoms with van der Waals surface area (Å²) in [7, 11) is 0. The van der Waals surface area contributed by atoms with E-state index in [-0.39, 0.29) is 0 Å². The molecule has 1 aromatic heterocycles. The third-order valence-corrected chi connectivity index (χ3v) is 2.92. The Morgan fingerprint density at radius 1 is 1.31 bits per heavy atom. The third-order valence-electron chi connectivity index (χ3n) is 2.70. The molecular formula is C12H9N3S. The minimum atomic E-state index is 0.425. The molecule has 2 heterocycles. The summed E-state index contributed by atoms with van der Waals surface area (Å²) in [5.41, 5.74) is 8.80. The van der Waals surface area contributed by atoms with E-state index in [2.05, 4.69) is 4.99 Å². The number of thiocarbonyl (C=S) groups is 1. The molecule has 0 radical (unpaired) electrons. The fraction of sp³-hybridized carbons (Fsp3) is 0. The van der Waals surface area contributed by atoms with Gasteiger partial charge in [-0.05, 0) is 6.07 Å². The number of nitrogens with zero attached hydrogens (tertiary/aromatic N) is 2. The molecule has 0 saturated heterocycles. The molecular weight excluding hydrogens is 218 g/mol. The fourth-order valence-corrected chi connectivity index (χ4v) is 2.17. The predicted octanol–water partition coefficient (Wildman–Crippen LogP) is 2.14. The van der Waals surface area contributed by atoms with E-state index in [0.29, 0.717) is 4.99 Å². The van der Waals surface area contributed by atoms with Crippen molar-refractivity contribution in [3.63, 3.8) is 0 Å². The molecule has 2 aromatic rings. The van der Waals surface area contributed by atoms with Gasteiger partial charge < -0.3 is 10.3 Å². The lowest BCUT2D eigenvalue weighted by atomic mass is 10.1. The summed E-state index contributed by atoms with van der Waals surface area (Å²) < 4.78 is 2.03. The van der Waals surface area contributed by atoms with Gasteiger partial charge in [0, 0.05) is 41.3 Å². The molecule has 0 unspecified atom stereocenters. The van der Waals surface area contributed by atoms with Crippen molar-refractivity contribution in [3.05, 3.63) is 41.7 Å². The number of aromatic nitrogens is 1. The molecule has 4 heteroatoms. The van der Waals surface area contributed by atoms with Gasteiger partial charge in [0.15, 0.2) is 0 Å². The van der Waals surface area contributed by atoms with Gasteiger partial charge >= 0.3 is 0 Å². The van der Waals surface area contributed by atoms with Gasteiger partial charge in [-0.3, -0.25) is 4.99 Å². The molecule has 1 aliphatic rings. The van der Waals surface area contributed by atoms with Crippen LogP contribution >= 0.6 is 12.2 Å². The van der Waals surface area contributed by atoms with E-state index in [0.717, 1.165) is 22.0 Å². The molecule has 2 N–H and O–H groups in total. The van der Waals surface area contributed by atoms with Crippen molar-refractivity contribution in [3.8, 4) is 0 Å². The first-order valence-electron chi connectivity index (χ1n) is 4.90. The van der Waals surface area contributed by atoms with Gasteiger partial charge in [0.25, 0.3) is 0 Å². The van der Waals surface area contributed by atoms with Gasteiger partial charge in [0.05, 0.1) is 5.52 Å². The molecule has 1 aliphatic heterocycles. The van der Waals surface area contributed by atoms with E-state index < -0.39 is 0 Å². The smallest absolute Gasteiger partial charge is 0.104 e. The lowest BCUT2D eigenvalue weighted by Gasteiger charge is -2.04. The summed E-state index contributed by atoms with van der Waals surface area (Å²) in [6.07, 6.45) is 7.51. The highest BCUT2D eigenvalue weighted by Gasteiger charge is 2.11. The lowest BCUT2D eigenvalue weighted by Crippen LogP contribution is -2.10. The Labute approximate surface area is 97.9 Å². The van der Waals surface area contributed by atoms with Crippen LogP contribution in [-0.4, -0.2) is 15.8 Å². The SMILES string of the molecule is NC(=S)c1ccc2c3c1ccn3C=CN=C2. The van der Waals surface area contributed by atoms with Crippen LogP contribution in [0.4, 0.5) is 0 Å². The maximum Gasteiger partial charge on any atom is 0.104 e. The standard InChI is InChI=1S/C12H9N3S/c13-12(16)10-2-1-8-7-14-4-6-15-5-3-9(10)11(8)15/h1-7H,(H2,13,16). The van der Waals surface area contributed by atoms with Gasteiger partial charge in [0.2, 0.25) is 0 Å². The van der Waals surface area contributed by atoms with E-state index in [1.165, 1.54) is 0 Å². The van der Waals surface area contributed by atoms with E-state index >= 15 is 0 Å². The molecule has 0 bridgehead atoms. The fourth-order valence-electron chi connectivity index (χ4n) is 1.99. The van der Waals surface area contributed by atoms with Gasteiger partial charge in [-0.25, -0.2) is 0 Å². The largest absolute Gasteiger partial charge is 0.389 e. The van der Waals surface area contributed by atoms with Crippen LogP contribution in [0.15, 0.2) is 35.6 Å². The summed E-state index contributed by atoms with van der Waals surface area (Å²) in [6, 6.07) is 5.96. The molecule has 0 atom stereocenters. The molecule has 78 valence electrons. The van der Waals surface area contributed by atoms with Crippen molar-refractivity contribution < 1.29 is 0 Å². The summed E-state index contributed by atoms with van der Waals surface area (Å²) >= 11 is 5.05. The molecule has 1 aromatic carbocycles. The van der Waals surface area contributed by atoms with Gasteiger partial charge in [-0.2, -0.15) is 0 Å². The number of hydrogen-bond acceptors (Lipinski definition) is 2. The molecule has 0 fully saturated rings. The monoisotopic (exact) mass is 227 g/mol. The average Bonchev–Trinajstić information content (AvgIpc) is 2.56. The first-order chi connectivity index (χ1) is 7.77. The minimum absolute atomic E-state index is 0.425. The highest BCUT2D eigenvalue weighted by molar-refractivity contribution is 7.80. The van der Waals surface area contributed by atoms with Gasteiger partial charge in [0.1, 0.15) is 4.99 Å². The van der Waals surface area contributed by atoms with Crippen LogP contribution in [0.1, 0.15) is 11.1 Å². The third kappa shape index (κ3) is 1.20. The zero-order chi connectivity index (χ0) is 11.1. The average molecular weight is 227 g/mol. The van der Waals surface area contributed by atoms with Crippen molar-refractivity contribution in [2.75, 3.05) is 0 Å². The van der Waals surface area contributed by atoms with Gasteiger partial charge in [-0.15, -0.1) is 0 Å². The van der Waals surface area contributed by atoms with Crippen LogP contribution < -0.4 is 5.73 Å². The summed E-state index contributed by atoms with van der Waals surface area (Å²) in [5, 5.41) is 1.07. The second-order valence-corrected chi connectivity index (χ2v) is 4.07. The molecule has 0 saturated carbocycles. The Balaban J connectivity index is 2.47. The van der Waals surface area contributed by atoms with E-state index in [1.807, 2.05) is 41.4 Å². The number of aliphatic imine (C=N–C) groups is 1. The number of nitrogens with two attached hydrogens (primary N) is 1. The summed E-state index contributed by atoms with van der Waals surface area (Å²) in [4.78, 5) is 4.59. The number of rotatable bonds is 1. The Hall–Kier alpha value is -1.94. The normalized spacial score (nSPS) is 13.0. The minimum Gasteiger partial charge on any atom is -0.389 e. The molecule has 0 spiro atoms. The van der Waals surface area contributed by atoms with Crippen LogP contribution in [0.2, 0.25) is 0 Å². The zero-order valence-corrected chi connectivity index (χ0v) is 9.24. The van der Waals surface area contributed by atoms with Crippen molar-refractivity contribution in [2.45, 2.75) is 0 Å². The van der Waals surface area contributed by atoms with Crippen molar-refractivity contribution in [1.82, 2.24) is 4.57 Å². The van der Waals surface area contributed by atoms with Crippen molar-refractivity contribution in [1.29, 1.82) is 0 Å².